The van der Waals surface area contributed by atoms with Crippen LogP contribution in [0, 0.1) is 5.92 Å². The highest BCUT2D eigenvalue weighted by Gasteiger charge is 2.37. The SMILES string of the molecule is CCC(C)NC(=O)CN1CCN(C(=O)C(C(C)C)N2CC(C)OC(C)C2)CC1. The zero-order chi connectivity index (χ0) is 20.8. The summed E-state index contributed by atoms with van der Waals surface area (Å²) in [5.74, 6) is 0.551. The highest BCUT2D eigenvalue weighted by molar-refractivity contribution is 5.82. The molecule has 162 valence electrons. The number of hydrogen-bond donors (Lipinski definition) is 1. The molecule has 28 heavy (non-hydrogen) atoms. The van der Waals surface area contributed by atoms with Gasteiger partial charge < -0.3 is 15.0 Å². The molecular formula is C21H40N4O3. The lowest BCUT2D eigenvalue weighted by molar-refractivity contribution is -0.147. The lowest BCUT2D eigenvalue weighted by Gasteiger charge is -2.44. The number of ether oxygens (including phenoxy) is 1. The van der Waals surface area contributed by atoms with Crippen molar-refractivity contribution in [3.05, 3.63) is 0 Å². The van der Waals surface area contributed by atoms with Gasteiger partial charge in [-0.3, -0.25) is 19.4 Å². The number of nitrogens with zero attached hydrogens (tertiary/aromatic N) is 3. The van der Waals surface area contributed by atoms with Gasteiger partial charge in [-0.25, -0.2) is 0 Å². The maximum absolute atomic E-state index is 13.3. The Labute approximate surface area is 170 Å². The van der Waals surface area contributed by atoms with E-state index in [0.29, 0.717) is 19.6 Å². The Morgan fingerprint density at radius 3 is 2.11 bits per heavy atom. The molecular weight excluding hydrogens is 356 g/mol. The Morgan fingerprint density at radius 2 is 1.61 bits per heavy atom. The van der Waals surface area contributed by atoms with Crippen LogP contribution in [0.15, 0.2) is 0 Å². The van der Waals surface area contributed by atoms with Gasteiger partial charge in [0.05, 0.1) is 24.8 Å². The number of carbonyl (C=O) groups excluding carboxylic acids is 2. The summed E-state index contributed by atoms with van der Waals surface area (Å²) in [5.41, 5.74) is 0. The molecule has 0 aromatic rings. The third-order valence-corrected chi connectivity index (χ3v) is 5.80. The van der Waals surface area contributed by atoms with E-state index >= 15 is 0 Å². The van der Waals surface area contributed by atoms with Gasteiger partial charge in [0.1, 0.15) is 0 Å². The largest absolute Gasteiger partial charge is 0.373 e. The van der Waals surface area contributed by atoms with E-state index in [1.807, 2.05) is 11.8 Å². The van der Waals surface area contributed by atoms with E-state index in [4.69, 9.17) is 4.74 Å². The number of hydrogen-bond acceptors (Lipinski definition) is 5. The Morgan fingerprint density at radius 1 is 1.04 bits per heavy atom. The monoisotopic (exact) mass is 396 g/mol. The summed E-state index contributed by atoms with van der Waals surface area (Å²) < 4.78 is 5.85. The van der Waals surface area contributed by atoms with Crippen LogP contribution in [0.3, 0.4) is 0 Å². The standard InChI is InChI=1S/C21H40N4O3/c1-7-16(4)22-19(26)14-23-8-10-24(11-9-23)21(27)20(15(2)3)25-12-17(5)28-18(6)13-25/h15-18,20H,7-14H2,1-6H3,(H,22,26). The first kappa shape index (κ1) is 23.1. The Bertz CT molecular complexity index is 510. The predicted octanol–water partition coefficient (Wildman–Crippen LogP) is 1.18. The number of carbonyl (C=O) groups is 2. The van der Waals surface area contributed by atoms with E-state index < -0.39 is 0 Å². The van der Waals surface area contributed by atoms with Gasteiger partial charge in [0.2, 0.25) is 11.8 Å². The summed E-state index contributed by atoms with van der Waals surface area (Å²) in [6.07, 6.45) is 1.24. The van der Waals surface area contributed by atoms with Crippen molar-refractivity contribution in [2.45, 2.75) is 72.3 Å². The number of morpholine rings is 1. The molecule has 0 bridgehead atoms. The van der Waals surface area contributed by atoms with Crippen molar-refractivity contribution in [2.75, 3.05) is 45.8 Å². The molecule has 7 heteroatoms. The van der Waals surface area contributed by atoms with Crippen LogP contribution in [0.5, 0.6) is 0 Å². The summed E-state index contributed by atoms with van der Waals surface area (Å²) in [5, 5.41) is 3.02. The highest BCUT2D eigenvalue weighted by atomic mass is 16.5. The molecule has 4 unspecified atom stereocenters. The van der Waals surface area contributed by atoms with Crippen molar-refractivity contribution in [1.29, 1.82) is 0 Å². The molecule has 4 atom stereocenters. The Hall–Kier alpha value is -1.18. The number of rotatable bonds is 7. The zero-order valence-electron chi connectivity index (χ0n) is 18.6. The van der Waals surface area contributed by atoms with Crippen LogP contribution in [0.2, 0.25) is 0 Å². The van der Waals surface area contributed by atoms with Gasteiger partial charge in [0.25, 0.3) is 0 Å². The molecule has 2 aliphatic rings. The smallest absolute Gasteiger partial charge is 0.240 e. The van der Waals surface area contributed by atoms with Crippen molar-refractivity contribution in [3.63, 3.8) is 0 Å². The fourth-order valence-corrected chi connectivity index (χ4v) is 4.25. The van der Waals surface area contributed by atoms with Gasteiger partial charge in [-0.15, -0.1) is 0 Å². The fraction of sp³-hybridized carbons (Fsp3) is 0.905. The molecule has 2 heterocycles. The molecule has 0 radical (unpaired) electrons. The summed E-state index contributed by atoms with van der Waals surface area (Å²) in [7, 11) is 0. The van der Waals surface area contributed by atoms with E-state index in [1.165, 1.54) is 0 Å². The summed E-state index contributed by atoms with van der Waals surface area (Å²) in [6, 6.07) is 0.106. The van der Waals surface area contributed by atoms with Crippen LogP contribution in [-0.4, -0.2) is 96.6 Å². The van der Waals surface area contributed by atoms with Crippen molar-refractivity contribution in [1.82, 2.24) is 20.0 Å². The molecule has 2 saturated heterocycles. The first-order valence-electron chi connectivity index (χ1n) is 10.9. The van der Waals surface area contributed by atoms with Crippen LogP contribution >= 0.6 is 0 Å². The average molecular weight is 397 g/mol. The maximum atomic E-state index is 13.3. The Balaban J connectivity index is 1.89. The normalized spacial score (nSPS) is 26.9. The second kappa shape index (κ2) is 10.6. The Kier molecular flexibility index (Phi) is 8.71. The third kappa shape index (κ3) is 6.42. The van der Waals surface area contributed by atoms with Crippen molar-refractivity contribution in [2.24, 2.45) is 5.92 Å². The lowest BCUT2D eigenvalue weighted by atomic mass is 9.98. The van der Waals surface area contributed by atoms with Gasteiger partial charge in [-0.05, 0) is 33.1 Å². The average Bonchev–Trinajstić information content (AvgIpc) is 2.61. The minimum absolute atomic E-state index is 0.0745. The van der Waals surface area contributed by atoms with E-state index in [1.54, 1.807) is 0 Å². The number of piperazine rings is 1. The van der Waals surface area contributed by atoms with Gasteiger partial charge in [0, 0.05) is 45.3 Å². The molecule has 0 saturated carbocycles. The van der Waals surface area contributed by atoms with Crippen LogP contribution in [0.25, 0.3) is 0 Å². The second-order valence-electron chi connectivity index (χ2n) is 8.88. The topological polar surface area (TPSA) is 65.1 Å². The number of nitrogens with one attached hydrogen (secondary N) is 1. The van der Waals surface area contributed by atoms with Crippen LogP contribution in [0.4, 0.5) is 0 Å². The van der Waals surface area contributed by atoms with Crippen LogP contribution in [0.1, 0.15) is 48.0 Å². The molecule has 2 amide bonds. The van der Waals surface area contributed by atoms with E-state index in [9.17, 15) is 9.59 Å². The van der Waals surface area contributed by atoms with Crippen molar-refractivity contribution >= 4 is 11.8 Å². The van der Waals surface area contributed by atoms with Crippen molar-refractivity contribution in [3.8, 4) is 0 Å². The third-order valence-electron chi connectivity index (χ3n) is 5.80. The second-order valence-corrected chi connectivity index (χ2v) is 8.88. The highest BCUT2D eigenvalue weighted by Crippen LogP contribution is 2.21. The van der Waals surface area contributed by atoms with Gasteiger partial charge in [-0.2, -0.15) is 0 Å². The molecule has 0 spiro atoms. The van der Waals surface area contributed by atoms with E-state index in [2.05, 4.69) is 49.7 Å². The summed E-state index contributed by atoms with van der Waals surface area (Å²) >= 11 is 0. The minimum atomic E-state index is -0.103. The molecule has 2 aliphatic heterocycles. The van der Waals surface area contributed by atoms with E-state index in [-0.39, 0.29) is 42.0 Å². The summed E-state index contributed by atoms with van der Waals surface area (Å²) in [6.45, 7) is 17.4. The predicted molar refractivity (Wildman–Crippen MR) is 111 cm³/mol. The quantitative estimate of drug-likeness (QED) is 0.700. The molecule has 2 rings (SSSR count). The number of amides is 2. The first-order valence-corrected chi connectivity index (χ1v) is 10.9. The molecule has 0 aromatic carbocycles. The van der Waals surface area contributed by atoms with Crippen molar-refractivity contribution < 1.29 is 14.3 Å². The van der Waals surface area contributed by atoms with Gasteiger partial charge >= 0.3 is 0 Å². The molecule has 2 fully saturated rings. The van der Waals surface area contributed by atoms with Crippen LogP contribution < -0.4 is 5.32 Å². The molecule has 0 aromatic heterocycles. The lowest BCUT2D eigenvalue weighted by Crippen LogP contribution is -2.60. The maximum Gasteiger partial charge on any atom is 0.240 e. The minimum Gasteiger partial charge on any atom is -0.373 e. The van der Waals surface area contributed by atoms with Crippen LogP contribution in [-0.2, 0) is 14.3 Å². The summed E-state index contributed by atoms with van der Waals surface area (Å²) in [4.78, 5) is 31.9. The zero-order valence-corrected chi connectivity index (χ0v) is 18.6. The van der Waals surface area contributed by atoms with Gasteiger partial charge in [-0.1, -0.05) is 20.8 Å². The molecule has 1 N–H and O–H groups in total. The first-order chi connectivity index (χ1) is 13.2. The fourth-order valence-electron chi connectivity index (χ4n) is 4.25. The van der Waals surface area contributed by atoms with Gasteiger partial charge in [0.15, 0.2) is 0 Å². The molecule has 7 nitrogen and oxygen atoms in total. The van der Waals surface area contributed by atoms with E-state index in [0.717, 1.165) is 32.6 Å². The molecule has 0 aliphatic carbocycles.